The molecular formula is C20H20ClN3. The van der Waals surface area contributed by atoms with Crippen LogP contribution in [0.3, 0.4) is 0 Å². The van der Waals surface area contributed by atoms with Gasteiger partial charge >= 0.3 is 0 Å². The number of H-pyrrole nitrogens is 2. The van der Waals surface area contributed by atoms with Crippen molar-refractivity contribution < 1.29 is 0 Å². The maximum Gasteiger partial charge on any atom is 0.0458 e. The molecule has 0 aliphatic heterocycles. The van der Waals surface area contributed by atoms with Gasteiger partial charge in [0.1, 0.15) is 0 Å². The quantitative estimate of drug-likeness (QED) is 0.487. The SMILES string of the molecule is Cc1[nH]c2ccccc2c1CC(CN)c1c[nH]c2ccc(Cl)cc12. The minimum atomic E-state index is 0.245. The molecule has 0 bridgehead atoms. The number of rotatable bonds is 4. The lowest BCUT2D eigenvalue weighted by molar-refractivity contribution is 0.699. The number of para-hydroxylation sites is 1. The zero-order valence-electron chi connectivity index (χ0n) is 13.6. The van der Waals surface area contributed by atoms with Crippen LogP contribution in [-0.2, 0) is 6.42 Å². The van der Waals surface area contributed by atoms with Gasteiger partial charge in [0.15, 0.2) is 0 Å². The number of hydrogen-bond acceptors (Lipinski definition) is 1. The number of nitrogens with two attached hydrogens (primary N) is 1. The van der Waals surface area contributed by atoms with Crippen molar-refractivity contribution in [2.45, 2.75) is 19.3 Å². The van der Waals surface area contributed by atoms with Crippen LogP contribution >= 0.6 is 11.6 Å². The van der Waals surface area contributed by atoms with Crippen molar-refractivity contribution >= 4 is 33.4 Å². The van der Waals surface area contributed by atoms with Crippen LogP contribution in [-0.4, -0.2) is 16.5 Å². The predicted octanol–water partition coefficient (Wildman–Crippen LogP) is 4.90. The summed E-state index contributed by atoms with van der Waals surface area (Å²) in [5, 5.41) is 3.20. The molecule has 0 fully saturated rings. The van der Waals surface area contributed by atoms with E-state index in [1.165, 1.54) is 27.7 Å². The zero-order chi connectivity index (χ0) is 16.7. The first-order valence-corrected chi connectivity index (χ1v) is 8.58. The average Bonchev–Trinajstić information content (AvgIpc) is 3.13. The molecule has 4 aromatic rings. The highest BCUT2D eigenvalue weighted by Gasteiger charge is 2.18. The number of aromatic amines is 2. The average molecular weight is 338 g/mol. The van der Waals surface area contributed by atoms with Crippen molar-refractivity contribution in [2.75, 3.05) is 6.54 Å². The second-order valence-electron chi connectivity index (χ2n) is 6.34. The number of aromatic nitrogens is 2. The minimum absolute atomic E-state index is 0.245. The van der Waals surface area contributed by atoms with Crippen LogP contribution in [0.1, 0.15) is 22.7 Å². The number of nitrogens with one attached hydrogen (secondary N) is 2. The molecule has 0 spiro atoms. The molecular weight excluding hydrogens is 318 g/mol. The van der Waals surface area contributed by atoms with Crippen LogP contribution in [0.15, 0.2) is 48.7 Å². The standard InChI is InChI=1S/C20H20ClN3/c1-12-16(15-4-2-3-5-20(15)24-12)8-13(10-22)18-11-23-19-7-6-14(21)9-17(18)19/h2-7,9,11,13,23-24H,8,10,22H2,1H3. The zero-order valence-corrected chi connectivity index (χ0v) is 14.3. The fourth-order valence-corrected chi connectivity index (χ4v) is 3.79. The summed E-state index contributed by atoms with van der Waals surface area (Å²) in [5.74, 6) is 0.245. The molecule has 0 radical (unpaired) electrons. The molecule has 122 valence electrons. The highest BCUT2D eigenvalue weighted by atomic mass is 35.5. The van der Waals surface area contributed by atoms with Gasteiger partial charge in [-0.05, 0) is 55.3 Å². The number of halogens is 1. The highest BCUT2D eigenvalue weighted by Crippen LogP contribution is 2.32. The van der Waals surface area contributed by atoms with Crippen LogP contribution in [0.4, 0.5) is 0 Å². The summed E-state index contributed by atoms with van der Waals surface area (Å²) in [4.78, 5) is 6.82. The van der Waals surface area contributed by atoms with Crippen LogP contribution in [0.2, 0.25) is 5.02 Å². The molecule has 2 heterocycles. The Kier molecular flexibility index (Phi) is 3.83. The van der Waals surface area contributed by atoms with Crippen molar-refractivity contribution in [1.82, 2.24) is 9.97 Å². The van der Waals surface area contributed by atoms with E-state index in [0.717, 1.165) is 22.3 Å². The molecule has 0 aliphatic carbocycles. The van der Waals surface area contributed by atoms with E-state index in [4.69, 9.17) is 17.3 Å². The van der Waals surface area contributed by atoms with E-state index in [9.17, 15) is 0 Å². The molecule has 2 aromatic carbocycles. The van der Waals surface area contributed by atoms with E-state index >= 15 is 0 Å². The van der Waals surface area contributed by atoms with Crippen LogP contribution in [0, 0.1) is 6.92 Å². The van der Waals surface area contributed by atoms with Gasteiger partial charge in [-0.2, -0.15) is 0 Å². The molecule has 0 amide bonds. The Morgan fingerprint density at radius 3 is 2.75 bits per heavy atom. The van der Waals surface area contributed by atoms with E-state index < -0.39 is 0 Å². The topological polar surface area (TPSA) is 57.6 Å². The second-order valence-corrected chi connectivity index (χ2v) is 6.78. The first kappa shape index (κ1) is 15.3. The molecule has 2 aromatic heterocycles. The fourth-order valence-electron chi connectivity index (χ4n) is 3.62. The molecule has 1 unspecified atom stereocenters. The third-order valence-corrected chi connectivity index (χ3v) is 5.11. The van der Waals surface area contributed by atoms with Gasteiger partial charge in [-0.25, -0.2) is 0 Å². The number of fused-ring (bicyclic) bond motifs is 2. The minimum Gasteiger partial charge on any atom is -0.361 e. The molecule has 1 atom stereocenters. The summed E-state index contributed by atoms with van der Waals surface area (Å²) in [6, 6.07) is 14.4. The normalized spacial score (nSPS) is 13.0. The van der Waals surface area contributed by atoms with Crippen molar-refractivity contribution in [2.24, 2.45) is 5.73 Å². The Morgan fingerprint density at radius 1 is 1.08 bits per heavy atom. The molecule has 0 aliphatic rings. The van der Waals surface area contributed by atoms with Gasteiger partial charge in [0.25, 0.3) is 0 Å². The maximum absolute atomic E-state index is 6.19. The summed E-state index contributed by atoms with van der Waals surface area (Å²) in [6.45, 7) is 2.73. The molecule has 4 rings (SSSR count). The third kappa shape index (κ3) is 2.50. The molecule has 24 heavy (non-hydrogen) atoms. The van der Waals surface area contributed by atoms with E-state index in [1.807, 2.05) is 18.2 Å². The lowest BCUT2D eigenvalue weighted by Gasteiger charge is -2.15. The fraction of sp³-hybridized carbons (Fsp3) is 0.200. The largest absolute Gasteiger partial charge is 0.361 e. The van der Waals surface area contributed by atoms with Gasteiger partial charge in [0, 0.05) is 44.6 Å². The first-order valence-electron chi connectivity index (χ1n) is 8.20. The monoisotopic (exact) mass is 337 g/mol. The van der Waals surface area contributed by atoms with Crippen LogP contribution in [0.25, 0.3) is 21.8 Å². The van der Waals surface area contributed by atoms with E-state index in [-0.39, 0.29) is 5.92 Å². The Hall–Kier alpha value is -2.23. The highest BCUT2D eigenvalue weighted by molar-refractivity contribution is 6.31. The van der Waals surface area contributed by atoms with E-state index in [2.05, 4.69) is 47.4 Å². The van der Waals surface area contributed by atoms with Crippen molar-refractivity contribution in [3.05, 3.63) is 70.5 Å². The molecule has 0 saturated carbocycles. The summed E-state index contributed by atoms with van der Waals surface area (Å²) in [7, 11) is 0. The Balaban J connectivity index is 1.78. The van der Waals surface area contributed by atoms with Gasteiger partial charge < -0.3 is 15.7 Å². The van der Waals surface area contributed by atoms with Gasteiger partial charge in [-0.15, -0.1) is 0 Å². The van der Waals surface area contributed by atoms with Crippen molar-refractivity contribution in [3.63, 3.8) is 0 Å². The Labute approximate surface area is 145 Å². The predicted molar refractivity (Wildman–Crippen MR) is 102 cm³/mol. The second kappa shape index (κ2) is 6.00. The molecule has 4 heteroatoms. The van der Waals surface area contributed by atoms with Crippen LogP contribution < -0.4 is 5.73 Å². The van der Waals surface area contributed by atoms with Crippen molar-refractivity contribution in [3.8, 4) is 0 Å². The molecule has 0 saturated heterocycles. The molecule has 3 nitrogen and oxygen atoms in total. The van der Waals surface area contributed by atoms with E-state index in [1.54, 1.807) is 0 Å². The smallest absolute Gasteiger partial charge is 0.0458 e. The summed E-state index contributed by atoms with van der Waals surface area (Å²) in [6.07, 6.45) is 2.98. The van der Waals surface area contributed by atoms with Gasteiger partial charge in [-0.3, -0.25) is 0 Å². The van der Waals surface area contributed by atoms with E-state index in [0.29, 0.717) is 6.54 Å². The van der Waals surface area contributed by atoms with Crippen LogP contribution in [0.5, 0.6) is 0 Å². The van der Waals surface area contributed by atoms with Gasteiger partial charge in [-0.1, -0.05) is 29.8 Å². The Morgan fingerprint density at radius 2 is 1.92 bits per heavy atom. The molecule has 4 N–H and O–H groups in total. The number of aryl methyl sites for hydroxylation is 1. The first-order chi connectivity index (χ1) is 11.7. The van der Waals surface area contributed by atoms with Crippen molar-refractivity contribution in [1.29, 1.82) is 0 Å². The maximum atomic E-state index is 6.19. The van der Waals surface area contributed by atoms with Gasteiger partial charge in [0.05, 0.1) is 0 Å². The summed E-state index contributed by atoms with van der Waals surface area (Å²) < 4.78 is 0. The van der Waals surface area contributed by atoms with Gasteiger partial charge in [0.2, 0.25) is 0 Å². The third-order valence-electron chi connectivity index (χ3n) is 4.88. The lowest BCUT2D eigenvalue weighted by Crippen LogP contribution is -2.15. The number of hydrogen-bond donors (Lipinski definition) is 3. The number of benzene rings is 2. The summed E-state index contributed by atoms with van der Waals surface area (Å²) >= 11 is 6.19. The lowest BCUT2D eigenvalue weighted by atomic mass is 9.90. The summed E-state index contributed by atoms with van der Waals surface area (Å²) in [5.41, 5.74) is 12.2. The Bertz CT molecular complexity index is 1010.